The lowest BCUT2D eigenvalue weighted by molar-refractivity contribution is 0.404. The summed E-state index contributed by atoms with van der Waals surface area (Å²) in [6, 6.07) is 7.49. The van der Waals surface area contributed by atoms with E-state index in [0.29, 0.717) is 18.2 Å². The van der Waals surface area contributed by atoms with Crippen molar-refractivity contribution in [3.05, 3.63) is 41.6 Å². The van der Waals surface area contributed by atoms with Crippen molar-refractivity contribution in [3.63, 3.8) is 0 Å². The Morgan fingerprint density at radius 3 is 2.76 bits per heavy atom. The van der Waals surface area contributed by atoms with Crippen LogP contribution in [0.2, 0.25) is 0 Å². The van der Waals surface area contributed by atoms with Crippen LogP contribution in [-0.4, -0.2) is 17.3 Å². The fraction of sp³-hybridized carbons (Fsp3) is 0.333. The molecule has 1 heterocycles. The Labute approximate surface area is 99.6 Å². The molecule has 1 aromatic carbocycles. The highest BCUT2D eigenvalue weighted by molar-refractivity contribution is 5.34. The maximum atomic E-state index is 5.66. The highest BCUT2D eigenvalue weighted by atomic mass is 16.5. The molecule has 0 radical (unpaired) electrons. The Kier molecular flexibility index (Phi) is 3.39. The molecular weight excluding hydrogens is 218 g/mol. The molecule has 1 unspecified atom stereocenters. The first-order chi connectivity index (χ1) is 8.20. The number of nitrogens with zero attached hydrogens (tertiary/aromatic N) is 2. The van der Waals surface area contributed by atoms with Crippen molar-refractivity contribution < 1.29 is 9.15 Å². The Balaban J connectivity index is 2.19. The summed E-state index contributed by atoms with van der Waals surface area (Å²) in [7, 11) is 1.64. The minimum Gasteiger partial charge on any atom is -0.496 e. The lowest BCUT2D eigenvalue weighted by Gasteiger charge is -2.05. The molecule has 0 fully saturated rings. The van der Waals surface area contributed by atoms with Gasteiger partial charge in [-0.2, -0.15) is 0 Å². The largest absolute Gasteiger partial charge is 0.496 e. The summed E-state index contributed by atoms with van der Waals surface area (Å²) in [5, 5.41) is 7.84. The maximum absolute atomic E-state index is 5.66. The molecule has 0 saturated heterocycles. The molecule has 17 heavy (non-hydrogen) atoms. The lowest BCUT2D eigenvalue weighted by Crippen LogP contribution is -2.04. The summed E-state index contributed by atoms with van der Waals surface area (Å²) in [5.74, 6) is 1.81. The van der Waals surface area contributed by atoms with Crippen LogP contribution in [0.4, 0.5) is 0 Å². The molecular formula is C12H15N3O2. The fourth-order valence-corrected chi connectivity index (χ4v) is 1.53. The van der Waals surface area contributed by atoms with Crippen molar-refractivity contribution in [2.24, 2.45) is 5.73 Å². The van der Waals surface area contributed by atoms with Crippen LogP contribution >= 0.6 is 0 Å². The van der Waals surface area contributed by atoms with Gasteiger partial charge in [0.15, 0.2) is 0 Å². The number of hydrogen-bond donors (Lipinski definition) is 1. The molecule has 2 N–H and O–H groups in total. The molecule has 0 aliphatic heterocycles. The summed E-state index contributed by atoms with van der Waals surface area (Å²) in [5.41, 5.74) is 6.66. The topological polar surface area (TPSA) is 74.2 Å². The molecule has 0 aliphatic carbocycles. The summed E-state index contributed by atoms with van der Waals surface area (Å²) in [4.78, 5) is 0. The summed E-state index contributed by atoms with van der Waals surface area (Å²) in [6.07, 6.45) is 0.545. The molecule has 0 saturated carbocycles. The maximum Gasteiger partial charge on any atom is 0.232 e. The van der Waals surface area contributed by atoms with Crippen molar-refractivity contribution in [2.45, 2.75) is 19.4 Å². The third-order valence-corrected chi connectivity index (χ3v) is 2.41. The standard InChI is InChI=1S/C12H15N3O2/c1-8(13)12-15-14-11(17-12)7-9-5-3-4-6-10(9)16-2/h3-6,8H,7,13H2,1-2H3. The van der Waals surface area contributed by atoms with Gasteiger partial charge in [0.2, 0.25) is 11.8 Å². The van der Waals surface area contributed by atoms with Crippen LogP contribution in [0.5, 0.6) is 5.75 Å². The second-order valence-corrected chi connectivity index (χ2v) is 3.81. The molecule has 2 aromatic rings. The SMILES string of the molecule is COc1ccccc1Cc1nnc(C(C)N)o1. The molecule has 90 valence electrons. The zero-order valence-electron chi connectivity index (χ0n) is 9.88. The molecule has 5 heteroatoms. The first-order valence-electron chi connectivity index (χ1n) is 5.40. The quantitative estimate of drug-likeness (QED) is 0.869. The van der Waals surface area contributed by atoms with Crippen LogP contribution in [0.3, 0.4) is 0 Å². The monoisotopic (exact) mass is 233 g/mol. The Hall–Kier alpha value is -1.88. The van der Waals surface area contributed by atoms with Crippen molar-refractivity contribution in [3.8, 4) is 5.75 Å². The van der Waals surface area contributed by atoms with E-state index < -0.39 is 0 Å². The molecule has 5 nitrogen and oxygen atoms in total. The third kappa shape index (κ3) is 2.62. The van der Waals surface area contributed by atoms with Gasteiger partial charge in [-0.3, -0.25) is 0 Å². The van der Waals surface area contributed by atoms with Gasteiger partial charge in [-0.15, -0.1) is 10.2 Å². The number of ether oxygens (including phenoxy) is 1. The van der Waals surface area contributed by atoms with Crippen LogP contribution < -0.4 is 10.5 Å². The van der Waals surface area contributed by atoms with E-state index >= 15 is 0 Å². The summed E-state index contributed by atoms with van der Waals surface area (Å²) in [6.45, 7) is 1.81. The predicted octanol–water partition coefficient (Wildman–Crippen LogP) is 1.69. The van der Waals surface area contributed by atoms with E-state index in [2.05, 4.69) is 10.2 Å². The van der Waals surface area contributed by atoms with E-state index in [9.17, 15) is 0 Å². The van der Waals surface area contributed by atoms with E-state index in [-0.39, 0.29) is 6.04 Å². The first kappa shape index (κ1) is 11.6. The van der Waals surface area contributed by atoms with Gasteiger partial charge in [-0.05, 0) is 13.0 Å². The molecule has 1 aromatic heterocycles. The summed E-state index contributed by atoms with van der Waals surface area (Å²) < 4.78 is 10.7. The molecule has 1 atom stereocenters. The smallest absolute Gasteiger partial charge is 0.232 e. The molecule has 0 aliphatic rings. The number of aromatic nitrogens is 2. The molecule has 0 amide bonds. The molecule has 2 rings (SSSR count). The first-order valence-corrected chi connectivity index (χ1v) is 5.40. The fourth-order valence-electron chi connectivity index (χ4n) is 1.53. The van der Waals surface area contributed by atoms with Crippen LogP contribution in [0.25, 0.3) is 0 Å². The van der Waals surface area contributed by atoms with Gasteiger partial charge >= 0.3 is 0 Å². The van der Waals surface area contributed by atoms with Gasteiger partial charge in [0, 0.05) is 5.56 Å². The van der Waals surface area contributed by atoms with Crippen molar-refractivity contribution in [2.75, 3.05) is 7.11 Å². The van der Waals surface area contributed by atoms with Crippen LogP contribution in [0.15, 0.2) is 28.7 Å². The number of benzene rings is 1. The normalized spacial score (nSPS) is 12.4. The van der Waals surface area contributed by atoms with Crippen LogP contribution in [0.1, 0.15) is 30.3 Å². The van der Waals surface area contributed by atoms with Gasteiger partial charge in [0.25, 0.3) is 0 Å². The predicted molar refractivity (Wildman–Crippen MR) is 62.7 cm³/mol. The van der Waals surface area contributed by atoms with Gasteiger partial charge in [0.1, 0.15) is 5.75 Å². The lowest BCUT2D eigenvalue weighted by atomic mass is 10.1. The Morgan fingerprint density at radius 1 is 1.35 bits per heavy atom. The number of para-hydroxylation sites is 1. The number of nitrogens with two attached hydrogens (primary N) is 1. The Bertz CT molecular complexity index is 494. The van der Waals surface area contributed by atoms with Gasteiger partial charge < -0.3 is 14.9 Å². The minimum atomic E-state index is -0.242. The molecule has 0 bridgehead atoms. The van der Waals surface area contributed by atoms with E-state index in [1.165, 1.54) is 0 Å². The van der Waals surface area contributed by atoms with Crippen molar-refractivity contribution in [1.82, 2.24) is 10.2 Å². The van der Waals surface area contributed by atoms with Crippen LogP contribution in [-0.2, 0) is 6.42 Å². The highest BCUT2D eigenvalue weighted by Gasteiger charge is 2.12. The van der Waals surface area contributed by atoms with Gasteiger partial charge in [-0.1, -0.05) is 18.2 Å². The minimum absolute atomic E-state index is 0.242. The van der Waals surface area contributed by atoms with Gasteiger partial charge in [-0.25, -0.2) is 0 Å². The Morgan fingerprint density at radius 2 is 2.12 bits per heavy atom. The third-order valence-electron chi connectivity index (χ3n) is 2.41. The number of hydrogen-bond acceptors (Lipinski definition) is 5. The summed E-state index contributed by atoms with van der Waals surface area (Å²) >= 11 is 0. The van der Waals surface area contributed by atoms with Crippen molar-refractivity contribution in [1.29, 1.82) is 0 Å². The number of rotatable bonds is 4. The second kappa shape index (κ2) is 4.97. The average Bonchev–Trinajstić information content (AvgIpc) is 2.78. The zero-order chi connectivity index (χ0) is 12.3. The van der Waals surface area contributed by atoms with Crippen molar-refractivity contribution >= 4 is 0 Å². The average molecular weight is 233 g/mol. The van der Waals surface area contributed by atoms with E-state index in [1.807, 2.05) is 24.3 Å². The highest BCUT2D eigenvalue weighted by Crippen LogP contribution is 2.20. The molecule has 0 spiro atoms. The van der Waals surface area contributed by atoms with E-state index in [0.717, 1.165) is 11.3 Å². The van der Waals surface area contributed by atoms with E-state index in [1.54, 1.807) is 14.0 Å². The van der Waals surface area contributed by atoms with E-state index in [4.69, 9.17) is 14.9 Å². The van der Waals surface area contributed by atoms with Gasteiger partial charge in [0.05, 0.1) is 19.6 Å². The van der Waals surface area contributed by atoms with Crippen LogP contribution in [0, 0.1) is 0 Å². The zero-order valence-corrected chi connectivity index (χ0v) is 9.88. The second-order valence-electron chi connectivity index (χ2n) is 3.81. The number of methoxy groups -OCH3 is 1.